The van der Waals surface area contributed by atoms with Crippen molar-refractivity contribution in [2.24, 2.45) is 5.92 Å². The molecule has 1 fully saturated rings. The molecule has 1 saturated heterocycles. The first-order valence-electron chi connectivity index (χ1n) is 5.86. The lowest BCUT2D eigenvalue weighted by atomic mass is 10.1. The molecule has 2 heterocycles. The molecule has 0 bridgehead atoms. The number of carbonyl (C=O) groups is 1. The average Bonchev–Trinajstić information content (AvgIpc) is 2.94. The molecule has 0 aromatic carbocycles. The lowest BCUT2D eigenvalue weighted by Crippen LogP contribution is -2.29. The number of anilines is 2. The number of thiazole rings is 1. The van der Waals surface area contributed by atoms with Crippen molar-refractivity contribution in [3.8, 4) is 0 Å². The van der Waals surface area contributed by atoms with Gasteiger partial charge in [0.1, 0.15) is 10.7 Å². The van der Waals surface area contributed by atoms with E-state index in [-0.39, 0.29) is 18.4 Å². The average molecular weight is 270 g/mol. The van der Waals surface area contributed by atoms with E-state index in [1.54, 1.807) is 4.90 Å². The molecule has 0 radical (unpaired) electrons. The molecule has 0 aliphatic carbocycles. The third-order valence-electron chi connectivity index (χ3n) is 3.05. The van der Waals surface area contributed by atoms with Crippen molar-refractivity contribution in [2.75, 3.05) is 44.4 Å². The maximum Gasteiger partial charge on any atom is 0.267 e. The number of carbonyl (C=O) groups excluding carboxylic acids is 1. The fraction of sp³-hybridized carbons (Fsp3) is 0.636. The highest BCUT2D eigenvalue weighted by Gasteiger charge is 2.29. The van der Waals surface area contributed by atoms with Gasteiger partial charge in [0, 0.05) is 39.7 Å². The topological polar surface area (TPSA) is 82.7 Å². The summed E-state index contributed by atoms with van der Waals surface area (Å²) in [5.41, 5.74) is 5.79. The molecular weight excluding hydrogens is 252 g/mol. The van der Waals surface area contributed by atoms with Gasteiger partial charge < -0.3 is 20.6 Å². The van der Waals surface area contributed by atoms with Crippen molar-refractivity contribution in [1.82, 2.24) is 9.88 Å². The fourth-order valence-electron chi connectivity index (χ4n) is 1.97. The molecule has 0 saturated carbocycles. The van der Waals surface area contributed by atoms with E-state index < -0.39 is 0 Å². The Morgan fingerprint density at radius 3 is 2.89 bits per heavy atom. The Hall–Kier alpha value is -1.34. The molecular formula is C11H18N4O2S. The molecule has 6 nitrogen and oxygen atoms in total. The Balaban J connectivity index is 2.14. The van der Waals surface area contributed by atoms with Crippen LogP contribution in [0.25, 0.3) is 0 Å². The van der Waals surface area contributed by atoms with Crippen LogP contribution < -0.4 is 10.6 Å². The summed E-state index contributed by atoms with van der Waals surface area (Å²) in [6.07, 6.45) is 0.849. The first kappa shape index (κ1) is 13.1. The zero-order valence-electron chi connectivity index (χ0n) is 10.6. The lowest BCUT2D eigenvalue weighted by Gasteiger charge is -2.14. The van der Waals surface area contributed by atoms with E-state index >= 15 is 0 Å². The van der Waals surface area contributed by atoms with E-state index in [4.69, 9.17) is 10.8 Å². The lowest BCUT2D eigenvalue weighted by molar-refractivity contribution is 0.0787. The number of likely N-dealkylation sites (tertiary alicyclic amines) is 1. The normalized spacial score (nSPS) is 19.3. The number of hydrogen-bond donors (Lipinski definition) is 2. The Morgan fingerprint density at radius 2 is 2.39 bits per heavy atom. The third kappa shape index (κ3) is 2.41. The van der Waals surface area contributed by atoms with Gasteiger partial charge in [-0.1, -0.05) is 11.3 Å². The maximum atomic E-state index is 12.3. The van der Waals surface area contributed by atoms with E-state index in [0.29, 0.717) is 23.8 Å². The summed E-state index contributed by atoms with van der Waals surface area (Å²) in [4.78, 5) is 20.5. The molecule has 1 aliphatic heterocycles. The number of aromatic nitrogens is 1. The van der Waals surface area contributed by atoms with Crippen LogP contribution in [0.5, 0.6) is 0 Å². The van der Waals surface area contributed by atoms with Crippen LogP contribution in [0.2, 0.25) is 0 Å². The second-order valence-electron chi connectivity index (χ2n) is 4.69. The van der Waals surface area contributed by atoms with E-state index in [1.807, 2.05) is 19.0 Å². The molecule has 1 aromatic rings. The fourth-order valence-corrected chi connectivity index (χ4v) is 2.85. The van der Waals surface area contributed by atoms with Crippen LogP contribution in [-0.4, -0.2) is 54.7 Å². The van der Waals surface area contributed by atoms with Crippen LogP contribution in [0, 0.1) is 5.92 Å². The number of aliphatic hydroxyl groups is 1. The zero-order valence-corrected chi connectivity index (χ0v) is 11.4. The maximum absolute atomic E-state index is 12.3. The van der Waals surface area contributed by atoms with Gasteiger partial charge in [0.2, 0.25) is 0 Å². The predicted octanol–water partition coefficient (Wildman–Crippen LogP) is 0.246. The summed E-state index contributed by atoms with van der Waals surface area (Å²) < 4.78 is 0. The first-order chi connectivity index (χ1) is 8.52. The Bertz CT molecular complexity index is 446. The summed E-state index contributed by atoms with van der Waals surface area (Å²) >= 11 is 1.31. The van der Waals surface area contributed by atoms with Gasteiger partial charge in [0.15, 0.2) is 5.13 Å². The minimum absolute atomic E-state index is 0.0750. The molecule has 0 spiro atoms. The number of nitrogen functional groups attached to an aromatic ring is 1. The van der Waals surface area contributed by atoms with Gasteiger partial charge in [0.25, 0.3) is 5.91 Å². The van der Waals surface area contributed by atoms with E-state index in [1.165, 1.54) is 11.3 Å². The van der Waals surface area contributed by atoms with Gasteiger partial charge in [0.05, 0.1) is 0 Å². The zero-order chi connectivity index (χ0) is 13.3. The Kier molecular flexibility index (Phi) is 3.72. The molecule has 100 valence electrons. The minimum atomic E-state index is -0.0750. The molecule has 1 aromatic heterocycles. The summed E-state index contributed by atoms with van der Waals surface area (Å²) in [5, 5.41) is 9.82. The highest BCUT2D eigenvalue weighted by molar-refractivity contribution is 7.18. The number of aliphatic hydroxyl groups excluding tert-OH is 1. The standard InChI is InChI=1S/C11H18N4O2S/c1-14(2)11-13-9(12)8(18-11)10(17)15-4-3-7(5-15)6-16/h7,16H,3-6,12H2,1-2H3. The van der Waals surface area contributed by atoms with Crippen LogP contribution in [0.1, 0.15) is 16.1 Å². The van der Waals surface area contributed by atoms with E-state index in [2.05, 4.69) is 4.98 Å². The van der Waals surface area contributed by atoms with Gasteiger partial charge in [-0.25, -0.2) is 4.98 Å². The highest BCUT2D eigenvalue weighted by atomic mass is 32.1. The predicted molar refractivity (Wildman–Crippen MR) is 71.9 cm³/mol. The Morgan fingerprint density at radius 1 is 1.67 bits per heavy atom. The van der Waals surface area contributed by atoms with Crippen LogP contribution in [-0.2, 0) is 0 Å². The smallest absolute Gasteiger partial charge is 0.267 e. The van der Waals surface area contributed by atoms with Gasteiger partial charge in [-0.3, -0.25) is 4.79 Å². The van der Waals surface area contributed by atoms with Crippen molar-refractivity contribution >= 4 is 28.2 Å². The molecule has 18 heavy (non-hydrogen) atoms. The molecule has 1 unspecified atom stereocenters. The first-order valence-corrected chi connectivity index (χ1v) is 6.68. The largest absolute Gasteiger partial charge is 0.396 e. The number of hydrogen-bond acceptors (Lipinski definition) is 6. The number of nitrogens with two attached hydrogens (primary N) is 1. The van der Waals surface area contributed by atoms with Crippen LogP contribution in [0.15, 0.2) is 0 Å². The van der Waals surface area contributed by atoms with Gasteiger partial charge in [-0.15, -0.1) is 0 Å². The van der Waals surface area contributed by atoms with Crippen LogP contribution in [0.3, 0.4) is 0 Å². The van der Waals surface area contributed by atoms with Crippen LogP contribution in [0.4, 0.5) is 10.9 Å². The Labute approximate surface area is 110 Å². The monoisotopic (exact) mass is 270 g/mol. The third-order valence-corrected chi connectivity index (χ3v) is 4.28. The van der Waals surface area contributed by atoms with E-state index in [0.717, 1.165) is 11.6 Å². The molecule has 7 heteroatoms. The van der Waals surface area contributed by atoms with Gasteiger partial charge in [-0.2, -0.15) is 0 Å². The summed E-state index contributed by atoms with van der Waals surface area (Å²) in [6, 6.07) is 0. The minimum Gasteiger partial charge on any atom is -0.396 e. The summed E-state index contributed by atoms with van der Waals surface area (Å²) in [6.45, 7) is 1.41. The molecule has 1 aliphatic rings. The van der Waals surface area contributed by atoms with Crippen molar-refractivity contribution in [3.05, 3.63) is 4.88 Å². The molecule has 2 rings (SSSR count). The number of rotatable bonds is 3. The number of amides is 1. The van der Waals surface area contributed by atoms with Crippen molar-refractivity contribution in [1.29, 1.82) is 0 Å². The van der Waals surface area contributed by atoms with E-state index in [9.17, 15) is 4.79 Å². The number of nitrogens with zero attached hydrogens (tertiary/aromatic N) is 3. The second kappa shape index (κ2) is 5.11. The van der Waals surface area contributed by atoms with Crippen molar-refractivity contribution < 1.29 is 9.90 Å². The molecule has 1 atom stereocenters. The van der Waals surface area contributed by atoms with Crippen LogP contribution >= 0.6 is 11.3 Å². The van der Waals surface area contributed by atoms with Gasteiger partial charge >= 0.3 is 0 Å². The highest BCUT2D eigenvalue weighted by Crippen LogP contribution is 2.29. The van der Waals surface area contributed by atoms with Crippen molar-refractivity contribution in [3.63, 3.8) is 0 Å². The second-order valence-corrected chi connectivity index (χ2v) is 5.67. The van der Waals surface area contributed by atoms with Gasteiger partial charge in [-0.05, 0) is 6.42 Å². The summed E-state index contributed by atoms with van der Waals surface area (Å²) in [7, 11) is 3.73. The van der Waals surface area contributed by atoms with Crippen molar-refractivity contribution in [2.45, 2.75) is 6.42 Å². The quantitative estimate of drug-likeness (QED) is 0.822. The summed E-state index contributed by atoms with van der Waals surface area (Å²) in [5.74, 6) is 0.409. The molecule has 3 N–H and O–H groups in total. The SMILES string of the molecule is CN(C)c1nc(N)c(C(=O)N2CCC(CO)C2)s1. The molecule has 1 amide bonds.